The van der Waals surface area contributed by atoms with Crippen LogP contribution in [0.15, 0.2) is 24.3 Å². The van der Waals surface area contributed by atoms with Crippen LogP contribution < -0.4 is 0 Å². The summed E-state index contributed by atoms with van der Waals surface area (Å²) in [5.74, 6) is -0.232. The fourth-order valence-corrected chi connectivity index (χ4v) is 1.92. The van der Waals surface area contributed by atoms with E-state index in [2.05, 4.69) is 25.8 Å². The van der Waals surface area contributed by atoms with Gasteiger partial charge in [0.15, 0.2) is 0 Å². The number of nitrogens with zero attached hydrogens (tertiary/aromatic N) is 1. The maximum atomic E-state index is 13.6. The summed E-state index contributed by atoms with van der Waals surface area (Å²) in [4.78, 5) is 4.27. The molecule has 1 nitrogen and oxygen atoms in total. The van der Waals surface area contributed by atoms with Gasteiger partial charge in [0.25, 0.3) is 0 Å². The first-order chi connectivity index (χ1) is 7.39. The fourth-order valence-electron chi connectivity index (χ4n) is 1.92. The van der Waals surface area contributed by atoms with E-state index in [0.717, 1.165) is 16.5 Å². The van der Waals surface area contributed by atoms with E-state index in [4.69, 9.17) is 0 Å². The molecule has 0 spiro atoms. The lowest BCUT2D eigenvalue weighted by molar-refractivity contribution is 0.592. The largest absolute Gasteiger partial charge is 0.250 e. The van der Waals surface area contributed by atoms with Crippen LogP contribution in [0, 0.1) is 12.7 Å². The molecule has 2 heteroatoms. The Bertz CT molecular complexity index is 538. The molecule has 0 aliphatic rings. The smallest absolute Gasteiger partial charge is 0.145 e. The van der Waals surface area contributed by atoms with Crippen LogP contribution in [0.5, 0.6) is 0 Å². The average Bonchev–Trinajstić information content (AvgIpc) is 2.17. The van der Waals surface area contributed by atoms with E-state index in [0.29, 0.717) is 5.69 Å². The third kappa shape index (κ3) is 1.80. The van der Waals surface area contributed by atoms with E-state index in [-0.39, 0.29) is 11.2 Å². The zero-order valence-electron chi connectivity index (χ0n) is 10.1. The highest BCUT2D eigenvalue weighted by Gasteiger charge is 2.17. The Morgan fingerprint density at radius 2 is 1.88 bits per heavy atom. The second-order valence-electron chi connectivity index (χ2n) is 5.18. The zero-order chi connectivity index (χ0) is 11.9. The molecule has 0 saturated heterocycles. The van der Waals surface area contributed by atoms with Gasteiger partial charge in [0, 0.05) is 5.39 Å². The molecule has 1 heterocycles. The molecule has 0 amide bonds. The molecular weight excluding hydrogens is 201 g/mol. The van der Waals surface area contributed by atoms with Crippen molar-refractivity contribution in [2.75, 3.05) is 0 Å². The minimum absolute atomic E-state index is 0.00287. The van der Waals surface area contributed by atoms with Crippen LogP contribution in [0.25, 0.3) is 10.9 Å². The Morgan fingerprint density at radius 3 is 2.50 bits per heavy atom. The van der Waals surface area contributed by atoms with Gasteiger partial charge in [-0.3, -0.25) is 4.98 Å². The summed E-state index contributed by atoms with van der Waals surface area (Å²) in [5.41, 5.74) is 2.46. The van der Waals surface area contributed by atoms with Crippen LogP contribution in [0.4, 0.5) is 4.39 Å². The van der Waals surface area contributed by atoms with Gasteiger partial charge in [-0.05, 0) is 30.0 Å². The minimum Gasteiger partial charge on any atom is -0.250 e. The Labute approximate surface area is 95.3 Å². The molecule has 0 bridgehead atoms. The van der Waals surface area contributed by atoms with Crippen molar-refractivity contribution in [3.05, 3.63) is 41.3 Å². The number of benzene rings is 1. The molecule has 0 radical (unpaired) electrons. The second-order valence-corrected chi connectivity index (χ2v) is 5.18. The van der Waals surface area contributed by atoms with Crippen molar-refractivity contribution in [1.82, 2.24) is 4.98 Å². The number of fused-ring (bicyclic) bond motifs is 1. The van der Waals surface area contributed by atoms with Gasteiger partial charge in [0.1, 0.15) is 5.82 Å². The molecule has 0 unspecified atom stereocenters. The second kappa shape index (κ2) is 3.55. The summed E-state index contributed by atoms with van der Waals surface area (Å²) in [6, 6.07) is 7.54. The highest BCUT2D eigenvalue weighted by Crippen LogP contribution is 2.29. The third-order valence-corrected chi connectivity index (χ3v) is 2.80. The lowest BCUT2D eigenvalue weighted by Crippen LogP contribution is -2.12. The van der Waals surface area contributed by atoms with Gasteiger partial charge in [-0.1, -0.05) is 32.9 Å². The first-order valence-corrected chi connectivity index (χ1v) is 5.46. The van der Waals surface area contributed by atoms with Crippen molar-refractivity contribution >= 4 is 10.9 Å². The summed E-state index contributed by atoms with van der Waals surface area (Å²) >= 11 is 0. The van der Waals surface area contributed by atoms with Crippen molar-refractivity contribution < 1.29 is 4.39 Å². The van der Waals surface area contributed by atoms with Gasteiger partial charge in [-0.15, -0.1) is 0 Å². The van der Waals surface area contributed by atoms with Crippen molar-refractivity contribution in [2.45, 2.75) is 33.1 Å². The van der Waals surface area contributed by atoms with Gasteiger partial charge in [-0.25, -0.2) is 4.39 Å². The fraction of sp³-hybridized carbons (Fsp3) is 0.357. The standard InChI is InChI=1S/C14H16FN/c1-9-12(15)8-10-11(14(2,3)4)6-5-7-13(10)16-9/h5-8H,1-4H3. The van der Waals surface area contributed by atoms with Crippen LogP contribution in [0.1, 0.15) is 32.0 Å². The summed E-state index contributed by atoms with van der Waals surface area (Å²) in [6.07, 6.45) is 0. The minimum atomic E-state index is -0.232. The number of aryl methyl sites for hydroxylation is 1. The van der Waals surface area contributed by atoms with Crippen molar-refractivity contribution in [3.8, 4) is 0 Å². The first kappa shape index (κ1) is 11.1. The number of rotatable bonds is 0. The van der Waals surface area contributed by atoms with Crippen molar-refractivity contribution in [1.29, 1.82) is 0 Å². The third-order valence-electron chi connectivity index (χ3n) is 2.80. The van der Waals surface area contributed by atoms with Gasteiger partial charge in [-0.2, -0.15) is 0 Å². The Hall–Kier alpha value is -1.44. The predicted octanol–water partition coefficient (Wildman–Crippen LogP) is 3.98. The van der Waals surface area contributed by atoms with E-state index >= 15 is 0 Å². The number of hydrogen-bond acceptors (Lipinski definition) is 1. The highest BCUT2D eigenvalue weighted by molar-refractivity contribution is 5.83. The average molecular weight is 217 g/mol. The normalized spacial score (nSPS) is 12.1. The molecule has 0 aliphatic heterocycles. The van der Waals surface area contributed by atoms with Crippen LogP contribution in [-0.2, 0) is 5.41 Å². The van der Waals surface area contributed by atoms with Crippen LogP contribution in [0.3, 0.4) is 0 Å². The van der Waals surface area contributed by atoms with Crippen LogP contribution in [0.2, 0.25) is 0 Å². The first-order valence-electron chi connectivity index (χ1n) is 5.46. The van der Waals surface area contributed by atoms with Gasteiger partial charge < -0.3 is 0 Å². The van der Waals surface area contributed by atoms with Crippen molar-refractivity contribution in [3.63, 3.8) is 0 Å². The van der Waals surface area contributed by atoms with Crippen LogP contribution >= 0.6 is 0 Å². The van der Waals surface area contributed by atoms with E-state index in [1.165, 1.54) is 0 Å². The molecule has 1 aromatic heterocycles. The topological polar surface area (TPSA) is 12.9 Å². The van der Waals surface area contributed by atoms with E-state index < -0.39 is 0 Å². The molecule has 16 heavy (non-hydrogen) atoms. The van der Waals surface area contributed by atoms with E-state index in [1.807, 2.05) is 18.2 Å². The summed E-state index contributed by atoms with van der Waals surface area (Å²) < 4.78 is 13.6. The SMILES string of the molecule is Cc1nc2cccc(C(C)(C)C)c2cc1F. The molecule has 0 aliphatic carbocycles. The van der Waals surface area contributed by atoms with Gasteiger partial charge >= 0.3 is 0 Å². The van der Waals surface area contributed by atoms with Crippen molar-refractivity contribution in [2.24, 2.45) is 0 Å². The van der Waals surface area contributed by atoms with Crippen LogP contribution in [-0.4, -0.2) is 4.98 Å². The Kier molecular flexibility index (Phi) is 2.45. The molecule has 0 saturated carbocycles. The molecule has 84 valence electrons. The molecule has 2 rings (SSSR count). The molecular formula is C14H16FN. The quantitative estimate of drug-likeness (QED) is 0.650. The lowest BCUT2D eigenvalue weighted by atomic mass is 9.84. The number of pyridine rings is 1. The number of halogens is 1. The molecule has 0 N–H and O–H groups in total. The Balaban J connectivity index is 2.82. The van der Waals surface area contributed by atoms with E-state index in [1.54, 1.807) is 13.0 Å². The summed E-state index contributed by atoms with van der Waals surface area (Å²) in [5, 5.41) is 0.915. The van der Waals surface area contributed by atoms with Gasteiger partial charge in [0.05, 0.1) is 11.2 Å². The maximum Gasteiger partial charge on any atom is 0.145 e. The van der Waals surface area contributed by atoms with E-state index in [9.17, 15) is 4.39 Å². The molecule has 0 atom stereocenters. The maximum absolute atomic E-state index is 13.6. The molecule has 1 aromatic carbocycles. The van der Waals surface area contributed by atoms with Gasteiger partial charge in [0.2, 0.25) is 0 Å². The summed E-state index contributed by atoms with van der Waals surface area (Å²) in [7, 11) is 0. The Morgan fingerprint density at radius 1 is 1.19 bits per heavy atom. The molecule has 2 aromatic rings. The summed E-state index contributed by atoms with van der Waals surface area (Å²) in [6.45, 7) is 8.07. The highest BCUT2D eigenvalue weighted by atomic mass is 19.1. The monoisotopic (exact) mass is 217 g/mol. The lowest BCUT2D eigenvalue weighted by Gasteiger charge is -2.21. The predicted molar refractivity (Wildman–Crippen MR) is 65.1 cm³/mol. The number of aromatic nitrogens is 1. The number of hydrogen-bond donors (Lipinski definition) is 0. The molecule has 0 fully saturated rings. The zero-order valence-corrected chi connectivity index (χ0v) is 10.1.